The number of hydrogen-bond donors (Lipinski definition) is 1. The molecule has 18 heavy (non-hydrogen) atoms. The minimum Gasteiger partial charge on any atom is -0.397 e. The molecule has 0 unspecified atom stereocenters. The van der Waals surface area contributed by atoms with E-state index in [1.165, 1.54) is 12.4 Å². The molecule has 1 rings (SSSR count). The van der Waals surface area contributed by atoms with Gasteiger partial charge in [0, 0.05) is 26.4 Å². The SMILES string of the molecule is COCCN(CCC#N)C(=O)c1ccncc1N. The van der Waals surface area contributed by atoms with Gasteiger partial charge in [-0.15, -0.1) is 0 Å². The van der Waals surface area contributed by atoms with Gasteiger partial charge in [-0.2, -0.15) is 5.26 Å². The molecule has 1 amide bonds. The molecule has 0 saturated carbocycles. The number of nitrogen functional groups attached to an aromatic ring is 1. The maximum absolute atomic E-state index is 12.2. The Labute approximate surface area is 106 Å². The Morgan fingerprint density at radius 2 is 2.39 bits per heavy atom. The molecule has 0 atom stereocenters. The third kappa shape index (κ3) is 3.71. The van der Waals surface area contributed by atoms with Gasteiger partial charge in [-0.05, 0) is 6.07 Å². The van der Waals surface area contributed by atoms with Gasteiger partial charge in [0.05, 0.1) is 36.5 Å². The van der Waals surface area contributed by atoms with Crippen LogP contribution in [0.2, 0.25) is 0 Å². The number of carbonyl (C=O) groups is 1. The molecule has 1 aromatic heterocycles. The smallest absolute Gasteiger partial charge is 0.256 e. The van der Waals surface area contributed by atoms with E-state index in [-0.39, 0.29) is 12.3 Å². The van der Waals surface area contributed by atoms with Crippen LogP contribution in [0.25, 0.3) is 0 Å². The number of aromatic nitrogens is 1. The first-order chi connectivity index (χ1) is 8.70. The average molecular weight is 248 g/mol. The highest BCUT2D eigenvalue weighted by atomic mass is 16.5. The number of pyridine rings is 1. The summed E-state index contributed by atoms with van der Waals surface area (Å²) in [6.45, 7) is 1.21. The van der Waals surface area contributed by atoms with Crippen molar-refractivity contribution in [2.75, 3.05) is 32.5 Å². The van der Waals surface area contributed by atoms with Crippen LogP contribution in [-0.2, 0) is 4.74 Å². The number of hydrogen-bond acceptors (Lipinski definition) is 5. The van der Waals surface area contributed by atoms with E-state index in [9.17, 15) is 4.79 Å². The molecule has 0 aromatic carbocycles. The highest BCUT2D eigenvalue weighted by Crippen LogP contribution is 2.12. The van der Waals surface area contributed by atoms with E-state index in [4.69, 9.17) is 15.7 Å². The lowest BCUT2D eigenvalue weighted by Gasteiger charge is -2.21. The predicted octanol–water partition coefficient (Wildman–Crippen LogP) is 0.666. The lowest BCUT2D eigenvalue weighted by Crippen LogP contribution is -2.35. The number of carbonyl (C=O) groups excluding carboxylic acids is 1. The number of rotatable bonds is 6. The van der Waals surface area contributed by atoms with Gasteiger partial charge >= 0.3 is 0 Å². The van der Waals surface area contributed by atoms with Crippen LogP contribution in [0.5, 0.6) is 0 Å². The normalized spacial score (nSPS) is 9.78. The molecular weight excluding hydrogens is 232 g/mol. The topological polar surface area (TPSA) is 92.2 Å². The van der Waals surface area contributed by atoms with E-state index in [0.29, 0.717) is 30.9 Å². The molecule has 0 radical (unpaired) electrons. The van der Waals surface area contributed by atoms with Crippen molar-refractivity contribution < 1.29 is 9.53 Å². The van der Waals surface area contributed by atoms with Crippen molar-refractivity contribution in [1.29, 1.82) is 5.26 Å². The lowest BCUT2D eigenvalue weighted by molar-refractivity contribution is 0.0701. The molecule has 0 aliphatic rings. The second-order valence-electron chi connectivity index (χ2n) is 3.66. The summed E-state index contributed by atoms with van der Waals surface area (Å²) in [7, 11) is 1.56. The van der Waals surface area contributed by atoms with E-state index in [2.05, 4.69) is 4.98 Å². The van der Waals surface area contributed by atoms with Gasteiger partial charge in [-0.1, -0.05) is 0 Å². The molecule has 0 aliphatic carbocycles. The summed E-state index contributed by atoms with van der Waals surface area (Å²) in [5.74, 6) is -0.206. The van der Waals surface area contributed by atoms with Crippen LogP contribution in [0.15, 0.2) is 18.5 Å². The van der Waals surface area contributed by atoms with Crippen molar-refractivity contribution in [1.82, 2.24) is 9.88 Å². The molecule has 0 saturated heterocycles. The lowest BCUT2D eigenvalue weighted by atomic mass is 10.2. The summed E-state index contributed by atoms with van der Waals surface area (Å²) in [4.78, 5) is 17.6. The van der Waals surface area contributed by atoms with Crippen molar-refractivity contribution in [3.8, 4) is 6.07 Å². The van der Waals surface area contributed by atoms with Gasteiger partial charge in [-0.3, -0.25) is 9.78 Å². The Hall–Kier alpha value is -2.13. The van der Waals surface area contributed by atoms with E-state index < -0.39 is 0 Å². The van der Waals surface area contributed by atoms with Crippen molar-refractivity contribution in [3.63, 3.8) is 0 Å². The number of amides is 1. The highest BCUT2D eigenvalue weighted by Gasteiger charge is 2.17. The van der Waals surface area contributed by atoms with Gasteiger partial charge in [0.2, 0.25) is 0 Å². The maximum Gasteiger partial charge on any atom is 0.256 e. The first kappa shape index (κ1) is 13.9. The summed E-state index contributed by atoms with van der Waals surface area (Å²) in [5, 5.41) is 8.59. The van der Waals surface area contributed by atoms with Gasteiger partial charge in [0.1, 0.15) is 0 Å². The number of nitrogens with zero attached hydrogens (tertiary/aromatic N) is 3. The second-order valence-corrected chi connectivity index (χ2v) is 3.66. The minimum absolute atomic E-state index is 0.206. The van der Waals surface area contributed by atoms with E-state index in [1.807, 2.05) is 6.07 Å². The van der Waals surface area contributed by atoms with Crippen LogP contribution >= 0.6 is 0 Å². The summed E-state index contributed by atoms with van der Waals surface area (Å²) in [6.07, 6.45) is 3.23. The summed E-state index contributed by atoms with van der Waals surface area (Å²) in [6, 6.07) is 3.59. The number of methoxy groups -OCH3 is 1. The average Bonchev–Trinajstić information content (AvgIpc) is 2.39. The molecule has 0 spiro atoms. The fourth-order valence-corrected chi connectivity index (χ4v) is 1.47. The summed E-state index contributed by atoms with van der Waals surface area (Å²) < 4.78 is 4.95. The van der Waals surface area contributed by atoms with Gasteiger partial charge in [-0.25, -0.2) is 0 Å². The maximum atomic E-state index is 12.2. The molecule has 2 N–H and O–H groups in total. The van der Waals surface area contributed by atoms with E-state index in [0.717, 1.165) is 0 Å². The number of ether oxygens (including phenoxy) is 1. The van der Waals surface area contributed by atoms with E-state index in [1.54, 1.807) is 18.1 Å². The molecule has 0 bridgehead atoms. The Kier molecular flexibility index (Phi) is 5.61. The zero-order valence-corrected chi connectivity index (χ0v) is 10.3. The molecule has 0 fully saturated rings. The molecule has 0 aliphatic heterocycles. The van der Waals surface area contributed by atoms with Crippen LogP contribution in [0.1, 0.15) is 16.8 Å². The first-order valence-electron chi connectivity index (χ1n) is 5.55. The zero-order chi connectivity index (χ0) is 13.4. The Bertz CT molecular complexity index is 442. The molecular formula is C12H16N4O2. The largest absolute Gasteiger partial charge is 0.397 e. The van der Waals surface area contributed by atoms with Crippen LogP contribution in [0.4, 0.5) is 5.69 Å². The van der Waals surface area contributed by atoms with Crippen LogP contribution in [-0.4, -0.2) is 42.6 Å². The van der Waals surface area contributed by atoms with Crippen molar-refractivity contribution in [2.24, 2.45) is 0 Å². The summed E-state index contributed by atoms with van der Waals surface area (Å²) >= 11 is 0. The molecule has 6 heteroatoms. The third-order valence-electron chi connectivity index (χ3n) is 2.43. The standard InChI is InChI=1S/C12H16N4O2/c1-18-8-7-16(6-2-4-13)12(17)10-3-5-15-9-11(10)14/h3,5,9H,2,6-8,14H2,1H3. The monoisotopic (exact) mass is 248 g/mol. The predicted molar refractivity (Wildman–Crippen MR) is 66.7 cm³/mol. The Morgan fingerprint density at radius 3 is 3.00 bits per heavy atom. The van der Waals surface area contributed by atoms with E-state index >= 15 is 0 Å². The molecule has 1 aromatic rings. The van der Waals surface area contributed by atoms with Crippen LogP contribution < -0.4 is 5.73 Å². The highest BCUT2D eigenvalue weighted by molar-refractivity contribution is 5.98. The number of nitriles is 1. The first-order valence-corrected chi connectivity index (χ1v) is 5.55. The zero-order valence-electron chi connectivity index (χ0n) is 10.3. The second kappa shape index (κ2) is 7.25. The fraction of sp³-hybridized carbons (Fsp3) is 0.417. The summed E-state index contributed by atoms with van der Waals surface area (Å²) in [5.41, 5.74) is 6.45. The van der Waals surface area contributed by atoms with Gasteiger partial charge < -0.3 is 15.4 Å². The minimum atomic E-state index is -0.206. The van der Waals surface area contributed by atoms with Crippen LogP contribution in [0.3, 0.4) is 0 Å². The van der Waals surface area contributed by atoms with Gasteiger partial charge in [0.25, 0.3) is 5.91 Å². The van der Waals surface area contributed by atoms with Crippen LogP contribution in [0, 0.1) is 11.3 Å². The number of anilines is 1. The Balaban J connectivity index is 2.81. The Morgan fingerprint density at radius 1 is 1.61 bits per heavy atom. The molecule has 6 nitrogen and oxygen atoms in total. The number of nitrogens with two attached hydrogens (primary N) is 1. The van der Waals surface area contributed by atoms with Crippen molar-refractivity contribution in [2.45, 2.75) is 6.42 Å². The quantitative estimate of drug-likeness (QED) is 0.798. The van der Waals surface area contributed by atoms with Gasteiger partial charge in [0.15, 0.2) is 0 Å². The third-order valence-corrected chi connectivity index (χ3v) is 2.43. The fourth-order valence-electron chi connectivity index (χ4n) is 1.47. The van der Waals surface area contributed by atoms with Crippen molar-refractivity contribution >= 4 is 11.6 Å². The molecule has 1 heterocycles. The molecule has 96 valence electrons. The van der Waals surface area contributed by atoms with Crippen molar-refractivity contribution in [3.05, 3.63) is 24.0 Å².